The minimum atomic E-state index is -3.34. The Bertz CT molecular complexity index is 918. The van der Waals surface area contributed by atoms with E-state index in [0.29, 0.717) is 0 Å². The van der Waals surface area contributed by atoms with Crippen molar-refractivity contribution in [2.24, 2.45) is 0 Å². The Morgan fingerprint density at radius 2 is 0.700 bits per heavy atom. The summed E-state index contributed by atoms with van der Waals surface area (Å²) in [5.74, 6) is -3.34. The molecule has 0 N–H and O–H groups in total. The van der Waals surface area contributed by atoms with Crippen molar-refractivity contribution >= 4 is 51.0 Å². The molecule has 0 aliphatic rings. The Morgan fingerprint density at radius 3 is 0.867 bits per heavy atom. The second-order valence-electron chi connectivity index (χ2n) is 6.44. The van der Waals surface area contributed by atoms with E-state index in [4.69, 9.17) is 16.5 Å². The van der Waals surface area contributed by atoms with E-state index in [1.807, 2.05) is 24.3 Å². The molecular weight excluding hydrogens is 420 g/mol. The molecule has 1 nitrogen and oxygen atoms in total. The molecule has 0 spiro atoms. The summed E-state index contributed by atoms with van der Waals surface area (Å²) in [6, 6.07) is 42.1. The van der Waals surface area contributed by atoms with Crippen LogP contribution >= 0.6 is 17.2 Å². The SMILES string of the molecule is ClP(c1ccccc1)(c1ccccc1)(c1ccccc1)c1ccccc1.N#C[S-].[Li+]. The van der Waals surface area contributed by atoms with E-state index in [2.05, 4.69) is 110 Å². The van der Waals surface area contributed by atoms with Gasteiger partial charge >= 0.3 is 179 Å². The molecule has 144 valence electrons. The average Bonchev–Trinajstić information content (AvgIpc) is 2.81. The normalized spacial score (nSPS) is 11.4. The topological polar surface area (TPSA) is 23.8 Å². The van der Waals surface area contributed by atoms with Gasteiger partial charge in [-0.25, -0.2) is 5.26 Å². The van der Waals surface area contributed by atoms with Crippen molar-refractivity contribution in [3.8, 4) is 5.40 Å². The third-order valence-corrected chi connectivity index (χ3v) is 12.4. The summed E-state index contributed by atoms with van der Waals surface area (Å²) in [4.78, 5) is 0. The molecule has 0 aliphatic heterocycles. The molecule has 0 aromatic heterocycles. The van der Waals surface area contributed by atoms with Crippen molar-refractivity contribution in [3.63, 3.8) is 0 Å². The van der Waals surface area contributed by atoms with Crippen LogP contribution in [0.25, 0.3) is 0 Å². The maximum absolute atomic E-state index is 8.03. The maximum Gasteiger partial charge on any atom is 1.00 e. The van der Waals surface area contributed by atoms with E-state index in [0.717, 1.165) is 21.2 Å². The van der Waals surface area contributed by atoms with E-state index in [1.54, 1.807) is 0 Å². The number of halogens is 1. The van der Waals surface area contributed by atoms with E-state index in [9.17, 15) is 0 Å². The fourth-order valence-corrected chi connectivity index (χ4v) is 9.80. The number of thiocyanates is 1. The van der Waals surface area contributed by atoms with Gasteiger partial charge in [0.1, 0.15) is 0 Å². The standard InChI is InChI=1S/C24H20ClP.CHNS.Li/c25-26(21-13-5-1-6-14-21,22-15-7-2-8-16-22,23-17-9-3-10-18-23)24-19-11-4-12-20-24;2-1-3;/h1-20H;3H;/q;;+1/p-1. The van der Waals surface area contributed by atoms with Crippen LogP contribution < -0.4 is 40.1 Å². The first kappa shape index (κ1) is 24.2. The van der Waals surface area contributed by atoms with Crippen molar-refractivity contribution < 1.29 is 18.9 Å². The van der Waals surface area contributed by atoms with Crippen molar-refractivity contribution in [2.45, 2.75) is 0 Å². The molecule has 0 unspecified atom stereocenters. The van der Waals surface area contributed by atoms with Gasteiger partial charge in [0.2, 0.25) is 0 Å². The van der Waals surface area contributed by atoms with E-state index in [1.165, 1.54) is 5.40 Å². The summed E-state index contributed by atoms with van der Waals surface area (Å²) in [5.41, 5.74) is 0. The monoisotopic (exact) mass is 439 g/mol. The first-order valence-electron chi connectivity index (χ1n) is 9.13. The summed E-state index contributed by atoms with van der Waals surface area (Å²) < 4.78 is 0. The van der Waals surface area contributed by atoms with Gasteiger partial charge in [0.15, 0.2) is 0 Å². The molecule has 0 radical (unpaired) electrons. The average molecular weight is 440 g/mol. The van der Waals surface area contributed by atoms with E-state index < -0.39 is 5.96 Å². The third kappa shape index (κ3) is 4.19. The molecule has 0 saturated carbocycles. The maximum atomic E-state index is 8.03. The van der Waals surface area contributed by atoms with E-state index >= 15 is 0 Å². The molecule has 0 aliphatic carbocycles. The van der Waals surface area contributed by atoms with Gasteiger partial charge < -0.3 is 12.6 Å². The van der Waals surface area contributed by atoms with Gasteiger partial charge in [0.25, 0.3) is 0 Å². The van der Waals surface area contributed by atoms with Gasteiger partial charge in [-0.15, -0.1) is 0 Å². The second-order valence-corrected chi connectivity index (χ2v) is 12.7. The summed E-state index contributed by atoms with van der Waals surface area (Å²) in [5, 5.41) is 13.1. The molecule has 0 fully saturated rings. The zero-order valence-corrected chi connectivity index (χ0v) is 19.2. The predicted molar refractivity (Wildman–Crippen MR) is 130 cm³/mol. The van der Waals surface area contributed by atoms with E-state index in [-0.39, 0.29) is 18.9 Å². The minimum absolute atomic E-state index is 0. The Balaban J connectivity index is 0.000000757. The predicted octanol–water partition coefficient (Wildman–Crippen LogP) is 2.01. The van der Waals surface area contributed by atoms with Crippen molar-refractivity contribution in [1.82, 2.24) is 0 Å². The van der Waals surface area contributed by atoms with Gasteiger partial charge in [-0.05, 0) is 0 Å². The fourth-order valence-electron chi connectivity index (χ4n) is 3.73. The van der Waals surface area contributed by atoms with Crippen LogP contribution in [-0.2, 0) is 12.6 Å². The molecule has 0 atom stereocenters. The smallest absolute Gasteiger partial charge is 0.696 e. The molecule has 0 heterocycles. The van der Waals surface area contributed by atoms with Crippen LogP contribution in [0.2, 0.25) is 0 Å². The molecule has 0 saturated heterocycles. The molecule has 5 heteroatoms. The summed E-state index contributed by atoms with van der Waals surface area (Å²) in [6.07, 6.45) is 0. The van der Waals surface area contributed by atoms with Crippen LogP contribution in [-0.4, -0.2) is 0 Å². The number of benzene rings is 4. The van der Waals surface area contributed by atoms with Gasteiger partial charge in [-0.3, -0.25) is 0 Å². The van der Waals surface area contributed by atoms with Crippen LogP contribution in [0, 0.1) is 10.7 Å². The fraction of sp³-hybridized carbons (Fsp3) is 0. The molecule has 0 amide bonds. The quantitative estimate of drug-likeness (QED) is 0.210. The molecule has 4 aromatic carbocycles. The van der Waals surface area contributed by atoms with Gasteiger partial charge in [0.05, 0.1) is 0 Å². The first-order chi connectivity index (χ1) is 14.2. The number of rotatable bonds is 4. The number of nitrogens with zero attached hydrogens (tertiary/aromatic N) is 1. The number of hydrogen-bond donors (Lipinski definition) is 0. The molecular formula is C25H20ClLiNPS. The molecule has 4 rings (SSSR count). The zero-order valence-electron chi connectivity index (χ0n) is 16.7. The van der Waals surface area contributed by atoms with Crippen LogP contribution in [0.4, 0.5) is 0 Å². The van der Waals surface area contributed by atoms with Crippen LogP contribution in [0.1, 0.15) is 0 Å². The molecule has 0 bridgehead atoms. The Kier molecular flexibility index (Phi) is 8.70. The first-order valence-corrected chi connectivity index (χ1v) is 12.7. The summed E-state index contributed by atoms with van der Waals surface area (Å²) in [7, 11) is 0. The zero-order chi connectivity index (χ0) is 20.6. The second kappa shape index (κ2) is 10.8. The minimum Gasteiger partial charge on any atom is -0.696 e. The van der Waals surface area contributed by atoms with Crippen LogP contribution in [0.15, 0.2) is 121 Å². The summed E-state index contributed by atoms with van der Waals surface area (Å²) in [6.45, 7) is 0. The van der Waals surface area contributed by atoms with Gasteiger partial charge in [-0.1, -0.05) is 5.40 Å². The summed E-state index contributed by atoms with van der Waals surface area (Å²) >= 11 is 11.7. The number of nitriles is 1. The van der Waals surface area contributed by atoms with Crippen molar-refractivity contribution in [2.75, 3.05) is 0 Å². The van der Waals surface area contributed by atoms with Crippen LogP contribution in [0.3, 0.4) is 0 Å². The molecule has 4 aromatic rings. The Hall–Kier alpha value is -2.09. The largest absolute Gasteiger partial charge is 1.00 e. The molecule has 30 heavy (non-hydrogen) atoms. The Labute approximate surface area is 201 Å². The van der Waals surface area contributed by atoms with Gasteiger partial charge in [0, 0.05) is 0 Å². The van der Waals surface area contributed by atoms with Crippen molar-refractivity contribution in [3.05, 3.63) is 121 Å². The van der Waals surface area contributed by atoms with Crippen LogP contribution in [0.5, 0.6) is 0 Å². The van der Waals surface area contributed by atoms with Gasteiger partial charge in [-0.2, -0.15) is 0 Å². The number of hydrogen-bond acceptors (Lipinski definition) is 2. The third-order valence-electron chi connectivity index (χ3n) is 4.96. The Morgan fingerprint density at radius 1 is 0.533 bits per heavy atom. The van der Waals surface area contributed by atoms with Crippen molar-refractivity contribution in [1.29, 1.82) is 5.26 Å².